The van der Waals surface area contributed by atoms with Gasteiger partial charge in [-0.1, -0.05) is 164 Å². The van der Waals surface area contributed by atoms with Crippen LogP contribution in [0.2, 0.25) is 0 Å². The largest absolute Gasteiger partial charge is 0.456 e. The van der Waals surface area contributed by atoms with E-state index in [2.05, 4.69) is 271 Å². The van der Waals surface area contributed by atoms with Gasteiger partial charge in [0.05, 0.1) is 0 Å². The molecule has 5 heteroatoms. The molecule has 0 saturated carbocycles. The zero-order valence-corrected chi connectivity index (χ0v) is 50.0. The van der Waals surface area contributed by atoms with Crippen LogP contribution in [-0.2, 0) is 32.5 Å². The Morgan fingerprint density at radius 1 is 0.430 bits per heavy atom. The van der Waals surface area contributed by atoms with E-state index in [1.165, 1.54) is 107 Å². The molecular weight excluding hydrogens is 958 g/mol. The van der Waals surface area contributed by atoms with E-state index < -0.39 is 0 Å². The molecule has 0 radical (unpaired) electrons. The van der Waals surface area contributed by atoms with Crippen LogP contribution in [0.3, 0.4) is 0 Å². The van der Waals surface area contributed by atoms with Crippen molar-refractivity contribution in [2.45, 2.75) is 169 Å². The highest BCUT2D eigenvalue weighted by molar-refractivity contribution is 7.00. The lowest BCUT2D eigenvalue weighted by Crippen LogP contribution is -2.62. The highest BCUT2D eigenvalue weighted by Crippen LogP contribution is 2.54. The molecule has 0 unspecified atom stereocenters. The van der Waals surface area contributed by atoms with Crippen molar-refractivity contribution in [3.05, 3.63) is 190 Å². The lowest BCUT2D eigenvalue weighted by Gasteiger charge is -2.48. The predicted octanol–water partition coefficient (Wildman–Crippen LogP) is 19.0. The van der Waals surface area contributed by atoms with Gasteiger partial charge in [0.2, 0.25) is 0 Å². The molecule has 4 nitrogen and oxygen atoms in total. The van der Waals surface area contributed by atoms with Gasteiger partial charge in [-0.3, -0.25) is 0 Å². The Labute approximate surface area is 471 Å². The number of hydrogen-bond acceptors (Lipinski definition) is 4. The maximum absolute atomic E-state index is 7.00. The summed E-state index contributed by atoms with van der Waals surface area (Å²) < 4.78 is 7.00. The van der Waals surface area contributed by atoms with Crippen molar-refractivity contribution in [2.24, 2.45) is 0 Å². The lowest BCUT2D eigenvalue weighted by atomic mass is 9.33. The molecule has 9 aromatic rings. The fourth-order valence-corrected chi connectivity index (χ4v) is 14.3. The van der Waals surface area contributed by atoms with Gasteiger partial charge in [-0.25, -0.2) is 0 Å². The molecule has 0 bridgehead atoms. The molecule has 3 heterocycles. The molecular formula is C74H80BN3O. The van der Waals surface area contributed by atoms with Crippen molar-refractivity contribution in [3.63, 3.8) is 0 Å². The normalized spacial score (nSPS) is 17.5. The molecule has 4 aliphatic rings. The summed E-state index contributed by atoms with van der Waals surface area (Å²) in [6.45, 7) is 38.2. The summed E-state index contributed by atoms with van der Waals surface area (Å²) >= 11 is 0. The van der Waals surface area contributed by atoms with E-state index in [0.29, 0.717) is 0 Å². The van der Waals surface area contributed by atoms with E-state index in [-0.39, 0.29) is 39.2 Å². The molecule has 0 spiro atoms. The van der Waals surface area contributed by atoms with Crippen molar-refractivity contribution in [2.75, 3.05) is 14.7 Å². The zero-order valence-electron chi connectivity index (χ0n) is 50.0. The van der Waals surface area contributed by atoms with Crippen LogP contribution in [0.5, 0.6) is 0 Å². The average Bonchev–Trinajstić information content (AvgIpc) is 3.94. The Morgan fingerprint density at radius 3 is 1.48 bits per heavy atom. The molecule has 2 aliphatic heterocycles. The van der Waals surface area contributed by atoms with Crippen LogP contribution in [0.15, 0.2) is 150 Å². The average molecular weight is 1040 g/mol. The Kier molecular flexibility index (Phi) is 11.2. The number of fused-ring (bicyclic) bond motifs is 9. The predicted molar refractivity (Wildman–Crippen MR) is 340 cm³/mol. The first kappa shape index (κ1) is 51.5. The second-order valence-electron chi connectivity index (χ2n) is 28.9. The van der Waals surface area contributed by atoms with E-state index in [0.717, 1.165) is 52.6 Å². The molecule has 0 atom stereocenters. The summed E-state index contributed by atoms with van der Waals surface area (Å²) in [5, 5.41) is 2.28. The van der Waals surface area contributed by atoms with Crippen LogP contribution in [0.4, 0.5) is 51.2 Å². The monoisotopic (exact) mass is 1040 g/mol. The van der Waals surface area contributed by atoms with Crippen molar-refractivity contribution in [3.8, 4) is 0 Å². The summed E-state index contributed by atoms with van der Waals surface area (Å²) in [7, 11) is 0. The molecule has 0 saturated heterocycles. The second-order valence-corrected chi connectivity index (χ2v) is 28.9. The summed E-state index contributed by atoms with van der Waals surface area (Å²) in [5.74, 6) is 0. The van der Waals surface area contributed by atoms with E-state index in [1.54, 1.807) is 0 Å². The number of aryl methyl sites for hydroxylation is 2. The minimum Gasteiger partial charge on any atom is -0.456 e. The zero-order chi connectivity index (χ0) is 55.7. The fourth-order valence-electron chi connectivity index (χ4n) is 14.3. The molecule has 8 aromatic carbocycles. The third-order valence-corrected chi connectivity index (χ3v) is 19.5. The first-order valence-corrected chi connectivity index (χ1v) is 29.4. The van der Waals surface area contributed by atoms with Crippen LogP contribution in [-0.4, -0.2) is 6.71 Å². The third-order valence-electron chi connectivity index (χ3n) is 19.5. The lowest BCUT2D eigenvalue weighted by molar-refractivity contribution is 0.332. The maximum Gasteiger partial charge on any atom is 0.252 e. The van der Waals surface area contributed by atoms with Gasteiger partial charge in [0.25, 0.3) is 6.71 Å². The number of para-hydroxylation sites is 2. The number of nitrogens with zero attached hydrogens (tertiary/aromatic N) is 3. The van der Waals surface area contributed by atoms with Crippen molar-refractivity contribution >= 4 is 96.2 Å². The van der Waals surface area contributed by atoms with Gasteiger partial charge >= 0.3 is 0 Å². The Hall–Kier alpha value is -6.98. The van der Waals surface area contributed by atoms with E-state index in [1.807, 2.05) is 0 Å². The van der Waals surface area contributed by atoms with E-state index in [9.17, 15) is 0 Å². The van der Waals surface area contributed by atoms with Crippen LogP contribution < -0.4 is 31.1 Å². The van der Waals surface area contributed by atoms with Gasteiger partial charge < -0.3 is 19.1 Å². The van der Waals surface area contributed by atoms with Crippen LogP contribution in [0.25, 0.3) is 21.9 Å². The maximum atomic E-state index is 7.00. The van der Waals surface area contributed by atoms with E-state index >= 15 is 0 Å². The van der Waals surface area contributed by atoms with Crippen molar-refractivity contribution in [1.82, 2.24) is 0 Å². The minimum absolute atomic E-state index is 0.00460. The first-order valence-electron chi connectivity index (χ1n) is 29.4. The highest BCUT2D eigenvalue weighted by Gasteiger charge is 2.48. The first-order chi connectivity index (χ1) is 37.2. The molecule has 13 rings (SSSR count). The fraction of sp³-hybridized carbons (Fsp3) is 0.351. The topological polar surface area (TPSA) is 22.9 Å². The Bertz CT molecular complexity index is 3950. The quantitative estimate of drug-likeness (QED) is 0.160. The summed E-state index contributed by atoms with van der Waals surface area (Å²) in [6.07, 6.45) is 4.64. The van der Waals surface area contributed by atoms with Gasteiger partial charge in [0.15, 0.2) is 0 Å². The summed E-state index contributed by atoms with van der Waals surface area (Å²) in [6, 6.07) is 56.9. The van der Waals surface area contributed by atoms with Gasteiger partial charge in [-0.05, 0) is 206 Å². The van der Waals surface area contributed by atoms with Crippen LogP contribution >= 0.6 is 0 Å². The summed E-state index contributed by atoms with van der Waals surface area (Å²) in [5.41, 5.74) is 27.5. The van der Waals surface area contributed by atoms with Gasteiger partial charge in [0, 0.05) is 68.0 Å². The molecule has 1 aromatic heterocycles. The molecule has 0 fully saturated rings. The van der Waals surface area contributed by atoms with E-state index in [4.69, 9.17) is 4.42 Å². The van der Waals surface area contributed by atoms with Gasteiger partial charge in [-0.15, -0.1) is 0 Å². The highest BCUT2D eigenvalue weighted by atomic mass is 16.3. The molecule has 0 amide bonds. The minimum atomic E-state index is -0.176. The second kappa shape index (κ2) is 17.3. The third kappa shape index (κ3) is 8.05. The molecule has 2 aliphatic carbocycles. The Balaban J connectivity index is 1.15. The SMILES string of the molecule is Cc1ccccc1N(c1ccc2c(c1)N(c1ccc3c(c1)oc1cc(C(C)(C)C)ccc13)c1cc(C(C)(C)C)cc3c1B2c1cc2c(cc1N3c1ccc3c(c1)C(C)(C)CCC3(C)C)C(C)(C)CCC2(C)C)c1ccccc1C. The summed E-state index contributed by atoms with van der Waals surface area (Å²) in [4.78, 5) is 7.81. The molecule has 79 heavy (non-hydrogen) atoms. The molecule has 0 N–H and O–H groups in total. The number of hydrogen-bond donors (Lipinski definition) is 0. The van der Waals surface area contributed by atoms with Crippen LogP contribution in [0, 0.1) is 13.8 Å². The van der Waals surface area contributed by atoms with Gasteiger partial charge in [-0.2, -0.15) is 0 Å². The smallest absolute Gasteiger partial charge is 0.252 e. The number of anilines is 9. The number of rotatable bonds is 5. The van der Waals surface area contributed by atoms with Crippen molar-refractivity contribution in [1.29, 1.82) is 0 Å². The standard InChI is InChI=1S/C74H80BN3O/c1-45-21-17-19-23-60(45)76(61-24-20-18-22-46(61)2)50-28-32-58-62(41-50)78(51-26-30-53-52-29-25-47(69(3,4)5)39-66(52)79-67(53)42-51)65-38-48(70(6,7)8)37-64-68(65)75(58)59-43-56-57(74(15,16)36-35-73(56,13)14)44-63(59)77(64)49-27-31-54-55(40-49)72(11,12)34-33-71(54,9)10/h17-32,37-44H,33-36H2,1-16H3. The Morgan fingerprint density at radius 2 is 0.911 bits per heavy atom. The van der Waals surface area contributed by atoms with Crippen molar-refractivity contribution < 1.29 is 4.42 Å². The van der Waals surface area contributed by atoms with Gasteiger partial charge in [0.1, 0.15) is 11.2 Å². The molecule has 400 valence electrons. The number of furan rings is 1. The van der Waals surface area contributed by atoms with Crippen LogP contribution in [0.1, 0.15) is 167 Å². The number of benzene rings is 8.